The van der Waals surface area contributed by atoms with Crippen LogP contribution in [0.3, 0.4) is 0 Å². The highest BCUT2D eigenvalue weighted by Gasteiger charge is 2.02. The first-order valence-corrected chi connectivity index (χ1v) is 6.91. The third-order valence-corrected chi connectivity index (χ3v) is 3.51. The van der Waals surface area contributed by atoms with Crippen LogP contribution in [0.2, 0.25) is 0 Å². The number of alkyl halides is 1. The molecule has 18 heavy (non-hydrogen) atoms. The maximum Gasteiger partial charge on any atom is 0.123 e. The van der Waals surface area contributed by atoms with E-state index in [9.17, 15) is 4.39 Å². The molecule has 1 nitrogen and oxygen atoms in total. The molecule has 0 heterocycles. The Morgan fingerprint density at radius 1 is 0.944 bits per heavy atom. The van der Waals surface area contributed by atoms with Gasteiger partial charge in [0.05, 0.1) is 0 Å². The number of hydrogen-bond donors (Lipinski definition) is 0. The molecule has 0 aromatic heterocycles. The lowest BCUT2D eigenvalue weighted by molar-refractivity contribution is 0.627. The van der Waals surface area contributed by atoms with Crippen molar-refractivity contribution in [3.05, 3.63) is 65.5 Å². The molecule has 0 N–H and O–H groups in total. The van der Waals surface area contributed by atoms with E-state index in [4.69, 9.17) is 0 Å². The SMILES string of the molecule is CN(Cc1ccc(F)cc1)c1ccc(CBr)cc1. The fourth-order valence-corrected chi connectivity index (χ4v) is 2.17. The molecule has 2 aromatic rings. The van der Waals surface area contributed by atoms with Gasteiger partial charge in [0.25, 0.3) is 0 Å². The second-order valence-electron chi connectivity index (χ2n) is 4.28. The number of anilines is 1. The topological polar surface area (TPSA) is 3.24 Å². The molecule has 0 unspecified atom stereocenters. The Morgan fingerprint density at radius 2 is 1.50 bits per heavy atom. The van der Waals surface area contributed by atoms with Crippen molar-refractivity contribution in [1.82, 2.24) is 0 Å². The van der Waals surface area contributed by atoms with Crippen LogP contribution in [0.4, 0.5) is 10.1 Å². The van der Waals surface area contributed by atoms with Gasteiger partial charge < -0.3 is 4.90 Å². The summed E-state index contributed by atoms with van der Waals surface area (Å²) < 4.78 is 12.8. The third-order valence-electron chi connectivity index (χ3n) is 2.86. The Labute approximate surface area is 115 Å². The van der Waals surface area contributed by atoms with Gasteiger partial charge in [0.15, 0.2) is 0 Å². The van der Waals surface area contributed by atoms with Gasteiger partial charge in [0, 0.05) is 24.6 Å². The van der Waals surface area contributed by atoms with E-state index in [1.165, 1.54) is 17.7 Å². The predicted octanol–water partition coefficient (Wildman–Crippen LogP) is 4.36. The van der Waals surface area contributed by atoms with Crippen molar-refractivity contribution in [3.8, 4) is 0 Å². The smallest absolute Gasteiger partial charge is 0.123 e. The van der Waals surface area contributed by atoms with Gasteiger partial charge in [-0.2, -0.15) is 0 Å². The summed E-state index contributed by atoms with van der Waals surface area (Å²) in [5.41, 5.74) is 3.52. The second kappa shape index (κ2) is 6.01. The van der Waals surface area contributed by atoms with Gasteiger partial charge in [-0.3, -0.25) is 0 Å². The van der Waals surface area contributed by atoms with E-state index in [1.807, 2.05) is 19.2 Å². The number of rotatable bonds is 4. The van der Waals surface area contributed by atoms with Crippen molar-refractivity contribution in [2.45, 2.75) is 11.9 Å². The number of nitrogens with zero attached hydrogens (tertiary/aromatic N) is 1. The zero-order valence-corrected chi connectivity index (χ0v) is 11.8. The first-order valence-electron chi connectivity index (χ1n) is 5.79. The number of benzene rings is 2. The van der Waals surface area contributed by atoms with Gasteiger partial charge in [-0.15, -0.1) is 0 Å². The average molecular weight is 308 g/mol. The molecule has 0 amide bonds. The standard InChI is InChI=1S/C15H15BrFN/c1-18(11-13-2-6-14(17)7-3-13)15-8-4-12(10-16)5-9-15/h2-9H,10-11H2,1H3. The van der Waals surface area contributed by atoms with E-state index in [0.717, 1.165) is 23.1 Å². The molecular formula is C15H15BrFN. The summed E-state index contributed by atoms with van der Waals surface area (Å²) in [7, 11) is 2.03. The Morgan fingerprint density at radius 3 is 2.06 bits per heavy atom. The van der Waals surface area contributed by atoms with E-state index in [-0.39, 0.29) is 5.82 Å². The highest BCUT2D eigenvalue weighted by molar-refractivity contribution is 9.08. The summed E-state index contributed by atoms with van der Waals surface area (Å²) >= 11 is 3.43. The van der Waals surface area contributed by atoms with Crippen molar-refractivity contribution in [3.63, 3.8) is 0 Å². The Hall–Kier alpha value is -1.35. The molecule has 0 radical (unpaired) electrons. The first kappa shape index (κ1) is 13.1. The van der Waals surface area contributed by atoms with Crippen molar-refractivity contribution < 1.29 is 4.39 Å². The molecule has 0 bridgehead atoms. The third kappa shape index (κ3) is 3.33. The molecule has 3 heteroatoms. The van der Waals surface area contributed by atoms with E-state index < -0.39 is 0 Å². The number of hydrogen-bond acceptors (Lipinski definition) is 1. The summed E-state index contributed by atoms with van der Waals surface area (Å²) in [5.74, 6) is -0.192. The number of halogens is 2. The minimum Gasteiger partial charge on any atom is -0.370 e. The molecule has 0 saturated carbocycles. The average Bonchev–Trinajstić information content (AvgIpc) is 2.41. The molecule has 0 atom stereocenters. The molecule has 0 spiro atoms. The Kier molecular flexibility index (Phi) is 4.37. The molecule has 0 fully saturated rings. The Bertz CT molecular complexity index is 493. The van der Waals surface area contributed by atoms with E-state index in [0.29, 0.717) is 0 Å². The minimum atomic E-state index is -0.192. The van der Waals surface area contributed by atoms with Gasteiger partial charge >= 0.3 is 0 Å². The molecule has 2 rings (SSSR count). The zero-order valence-electron chi connectivity index (χ0n) is 10.2. The molecule has 94 valence electrons. The summed E-state index contributed by atoms with van der Waals surface area (Å²) in [5, 5.41) is 0.870. The van der Waals surface area contributed by atoms with Gasteiger partial charge in [0.1, 0.15) is 5.82 Å². The van der Waals surface area contributed by atoms with Crippen LogP contribution in [0.1, 0.15) is 11.1 Å². The summed E-state index contributed by atoms with van der Waals surface area (Å²) in [6.45, 7) is 0.772. The van der Waals surface area contributed by atoms with Crippen LogP contribution in [0, 0.1) is 5.82 Å². The largest absolute Gasteiger partial charge is 0.370 e. The van der Waals surface area contributed by atoms with Crippen LogP contribution in [-0.2, 0) is 11.9 Å². The molecule has 0 aliphatic heterocycles. The lowest BCUT2D eigenvalue weighted by Gasteiger charge is -2.19. The van der Waals surface area contributed by atoms with Crippen LogP contribution in [0.15, 0.2) is 48.5 Å². The zero-order chi connectivity index (χ0) is 13.0. The summed E-state index contributed by atoms with van der Waals surface area (Å²) in [6.07, 6.45) is 0. The highest BCUT2D eigenvalue weighted by Crippen LogP contribution is 2.17. The van der Waals surface area contributed by atoms with E-state index >= 15 is 0 Å². The predicted molar refractivity (Wildman–Crippen MR) is 77.6 cm³/mol. The van der Waals surface area contributed by atoms with Gasteiger partial charge in [0.2, 0.25) is 0 Å². The van der Waals surface area contributed by atoms with Crippen molar-refractivity contribution in [1.29, 1.82) is 0 Å². The lowest BCUT2D eigenvalue weighted by atomic mass is 10.2. The fraction of sp³-hybridized carbons (Fsp3) is 0.200. The maximum absolute atomic E-state index is 12.8. The monoisotopic (exact) mass is 307 g/mol. The normalized spacial score (nSPS) is 10.4. The maximum atomic E-state index is 12.8. The van der Waals surface area contributed by atoms with Gasteiger partial charge in [-0.05, 0) is 35.4 Å². The second-order valence-corrected chi connectivity index (χ2v) is 4.84. The molecule has 2 aromatic carbocycles. The summed E-state index contributed by atoms with van der Waals surface area (Å²) in [6, 6.07) is 15.0. The highest BCUT2D eigenvalue weighted by atomic mass is 79.9. The van der Waals surface area contributed by atoms with E-state index in [1.54, 1.807) is 0 Å². The van der Waals surface area contributed by atoms with Gasteiger partial charge in [-0.1, -0.05) is 40.2 Å². The van der Waals surface area contributed by atoms with Gasteiger partial charge in [-0.25, -0.2) is 4.39 Å². The van der Waals surface area contributed by atoms with Crippen molar-refractivity contribution in [2.24, 2.45) is 0 Å². The quantitative estimate of drug-likeness (QED) is 0.759. The fourth-order valence-electron chi connectivity index (χ4n) is 1.79. The van der Waals surface area contributed by atoms with Crippen LogP contribution in [0.25, 0.3) is 0 Å². The molecule has 0 aliphatic carbocycles. The van der Waals surface area contributed by atoms with Crippen molar-refractivity contribution in [2.75, 3.05) is 11.9 Å². The van der Waals surface area contributed by atoms with Crippen LogP contribution >= 0.6 is 15.9 Å². The lowest BCUT2D eigenvalue weighted by Crippen LogP contribution is -2.16. The van der Waals surface area contributed by atoms with Crippen LogP contribution in [-0.4, -0.2) is 7.05 Å². The Balaban J connectivity index is 2.06. The van der Waals surface area contributed by atoms with Crippen molar-refractivity contribution >= 4 is 21.6 Å². The molecule has 0 aliphatic rings. The molecular weight excluding hydrogens is 293 g/mol. The van der Waals surface area contributed by atoms with Crippen LogP contribution in [0.5, 0.6) is 0 Å². The first-order chi connectivity index (χ1) is 8.69. The van der Waals surface area contributed by atoms with E-state index in [2.05, 4.69) is 45.1 Å². The molecule has 0 saturated heterocycles. The summed E-state index contributed by atoms with van der Waals surface area (Å²) in [4.78, 5) is 2.14. The minimum absolute atomic E-state index is 0.192. The van der Waals surface area contributed by atoms with Crippen LogP contribution < -0.4 is 4.90 Å².